The number of likely N-dealkylation sites (tertiary alicyclic amines) is 1. The van der Waals surface area contributed by atoms with Crippen LogP contribution in [0.25, 0.3) is 0 Å². The molecule has 4 nitrogen and oxygen atoms in total. The molecule has 1 heterocycles. The fraction of sp³-hybridized carbons (Fsp3) is 0.533. The Morgan fingerprint density at radius 3 is 2.63 bits per heavy atom. The van der Waals surface area contributed by atoms with Crippen molar-refractivity contribution >= 4 is 5.91 Å². The molecule has 1 spiro atoms. The number of hydrogen-bond acceptors (Lipinski definition) is 3. The molecule has 1 aliphatic carbocycles. The van der Waals surface area contributed by atoms with Crippen LogP contribution in [0.3, 0.4) is 0 Å². The van der Waals surface area contributed by atoms with Gasteiger partial charge in [0, 0.05) is 5.56 Å². The third-order valence-corrected chi connectivity index (χ3v) is 4.75. The van der Waals surface area contributed by atoms with E-state index in [-0.39, 0.29) is 0 Å². The van der Waals surface area contributed by atoms with E-state index in [1.54, 1.807) is 11.5 Å². The van der Waals surface area contributed by atoms with Crippen LogP contribution in [0.1, 0.15) is 34.3 Å². The molecule has 2 N–H and O–H groups in total. The standard InChI is InChI=1S/C15H20N2O2/c1-17-6-4-15(5-7-17)9-12-3-2-11(14(18)16-19)8-13(12)10-15/h2-3,8,19H,4-7,9-10H2,1H3,(H,16,18). The fourth-order valence-electron chi connectivity index (χ4n) is 3.49. The lowest BCUT2D eigenvalue weighted by Crippen LogP contribution is -2.38. The largest absolute Gasteiger partial charge is 0.306 e. The van der Waals surface area contributed by atoms with Crippen molar-refractivity contribution in [2.75, 3.05) is 20.1 Å². The second-order valence-corrected chi connectivity index (χ2v) is 6.08. The lowest BCUT2D eigenvalue weighted by atomic mass is 9.76. The Morgan fingerprint density at radius 1 is 1.26 bits per heavy atom. The summed E-state index contributed by atoms with van der Waals surface area (Å²) >= 11 is 0. The van der Waals surface area contributed by atoms with E-state index in [1.807, 2.05) is 12.1 Å². The molecule has 0 aromatic heterocycles. The highest BCUT2D eigenvalue weighted by Crippen LogP contribution is 2.44. The van der Waals surface area contributed by atoms with Crippen molar-refractivity contribution in [1.82, 2.24) is 10.4 Å². The molecule has 19 heavy (non-hydrogen) atoms. The van der Waals surface area contributed by atoms with Crippen LogP contribution >= 0.6 is 0 Å². The van der Waals surface area contributed by atoms with Gasteiger partial charge in [0.25, 0.3) is 5.91 Å². The van der Waals surface area contributed by atoms with E-state index in [4.69, 9.17) is 5.21 Å². The average Bonchev–Trinajstić information content (AvgIpc) is 2.78. The van der Waals surface area contributed by atoms with E-state index in [0.717, 1.165) is 25.9 Å². The summed E-state index contributed by atoms with van der Waals surface area (Å²) in [6, 6.07) is 5.79. The summed E-state index contributed by atoms with van der Waals surface area (Å²) in [5.74, 6) is -0.424. The maximum Gasteiger partial charge on any atom is 0.274 e. The van der Waals surface area contributed by atoms with Crippen LogP contribution < -0.4 is 5.48 Å². The number of benzene rings is 1. The number of piperidine rings is 1. The summed E-state index contributed by atoms with van der Waals surface area (Å²) < 4.78 is 0. The maximum absolute atomic E-state index is 11.5. The SMILES string of the molecule is CN1CCC2(CC1)Cc1ccc(C(=O)NO)cc1C2. The topological polar surface area (TPSA) is 52.6 Å². The second-order valence-electron chi connectivity index (χ2n) is 6.08. The Labute approximate surface area is 113 Å². The highest BCUT2D eigenvalue weighted by Gasteiger charge is 2.39. The molecular weight excluding hydrogens is 240 g/mol. The van der Waals surface area contributed by atoms with Gasteiger partial charge in [-0.2, -0.15) is 0 Å². The number of carbonyl (C=O) groups excluding carboxylic acids is 1. The fourth-order valence-corrected chi connectivity index (χ4v) is 3.49. The number of carbonyl (C=O) groups is 1. The lowest BCUT2D eigenvalue weighted by molar-refractivity contribution is 0.0706. The Balaban J connectivity index is 1.82. The van der Waals surface area contributed by atoms with Gasteiger partial charge in [-0.25, -0.2) is 5.48 Å². The van der Waals surface area contributed by atoms with Gasteiger partial charge in [0.1, 0.15) is 0 Å². The zero-order valence-corrected chi connectivity index (χ0v) is 11.3. The molecule has 0 radical (unpaired) electrons. The maximum atomic E-state index is 11.5. The summed E-state index contributed by atoms with van der Waals surface area (Å²) in [6.45, 7) is 2.33. The van der Waals surface area contributed by atoms with Crippen LogP contribution in [0.2, 0.25) is 0 Å². The van der Waals surface area contributed by atoms with Crippen LogP contribution in [0.15, 0.2) is 18.2 Å². The Kier molecular flexibility index (Phi) is 3.07. The first kappa shape index (κ1) is 12.6. The smallest absolute Gasteiger partial charge is 0.274 e. The Morgan fingerprint density at radius 2 is 1.95 bits per heavy atom. The van der Waals surface area contributed by atoms with Crippen LogP contribution in [0, 0.1) is 5.41 Å². The van der Waals surface area contributed by atoms with Crippen molar-refractivity contribution in [2.24, 2.45) is 5.41 Å². The molecule has 2 aliphatic rings. The average molecular weight is 260 g/mol. The normalized spacial score (nSPS) is 21.4. The minimum atomic E-state index is -0.424. The third-order valence-electron chi connectivity index (χ3n) is 4.75. The van der Waals surface area contributed by atoms with Crippen molar-refractivity contribution in [3.63, 3.8) is 0 Å². The predicted molar refractivity (Wildman–Crippen MR) is 72.3 cm³/mol. The minimum Gasteiger partial charge on any atom is -0.306 e. The van der Waals surface area contributed by atoms with Gasteiger partial charge < -0.3 is 4.90 Å². The molecule has 4 heteroatoms. The first-order valence-electron chi connectivity index (χ1n) is 6.87. The molecule has 0 unspecified atom stereocenters. The Hall–Kier alpha value is -1.39. The summed E-state index contributed by atoms with van der Waals surface area (Å²) in [5.41, 5.74) is 5.31. The molecule has 0 atom stereocenters. The van der Waals surface area contributed by atoms with E-state index >= 15 is 0 Å². The molecule has 0 saturated carbocycles. The second kappa shape index (κ2) is 4.62. The molecule has 0 bridgehead atoms. The van der Waals surface area contributed by atoms with Gasteiger partial charge in [-0.05, 0) is 74.5 Å². The zero-order valence-electron chi connectivity index (χ0n) is 11.3. The van der Waals surface area contributed by atoms with Gasteiger partial charge >= 0.3 is 0 Å². The molecule has 1 aliphatic heterocycles. The van der Waals surface area contributed by atoms with Gasteiger partial charge in [0.2, 0.25) is 0 Å². The van der Waals surface area contributed by atoms with Gasteiger partial charge in [0.15, 0.2) is 0 Å². The van der Waals surface area contributed by atoms with E-state index in [9.17, 15) is 4.79 Å². The van der Waals surface area contributed by atoms with E-state index < -0.39 is 5.91 Å². The first-order chi connectivity index (χ1) is 9.12. The zero-order chi connectivity index (χ0) is 13.5. The molecule has 1 aromatic rings. The van der Waals surface area contributed by atoms with E-state index in [0.29, 0.717) is 11.0 Å². The summed E-state index contributed by atoms with van der Waals surface area (Å²) in [6.07, 6.45) is 4.68. The molecule has 1 fully saturated rings. The third kappa shape index (κ3) is 2.26. The molecule has 1 saturated heterocycles. The monoisotopic (exact) mass is 260 g/mol. The number of hydrogen-bond donors (Lipinski definition) is 2. The molecule has 3 rings (SSSR count). The number of nitrogens with one attached hydrogen (secondary N) is 1. The number of nitrogens with zero attached hydrogens (tertiary/aromatic N) is 1. The van der Waals surface area contributed by atoms with Crippen molar-refractivity contribution < 1.29 is 10.0 Å². The van der Waals surface area contributed by atoms with Crippen LogP contribution in [0.4, 0.5) is 0 Å². The van der Waals surface area contributed by atoms with Crippen LogP contribution in [-0.2, 0) is 12.8 Å². The predicted octanol–water partition coefficient (Wildman–Crippen LogP) is 1.62. The molecule has 102 valence electrons. The van der Waals surface area contributed by atoms with Gasteiger partial charge in [-0.1, -0.05) is 6.07 Å². The van der Waals surface area contributed by atoms with Gasteiger partial charge in [-0.15, -0.1) is 0 Å². The minimum absolute atomic E-state index is 0.406. The van der Waals surface area contributed by atoms with Crippen LogP contribution in [0.5, 0.6) is 0 Å². The number of rotatable bonds is 1. The summed E-state index contributed by atoms with van der Waals surface area (Å²) in [5, 5.41) is 8.70. The van der Waals surface area contributed by atoms with E-state index in [1.165, 1.54) is 24.0 Å². The molecule has 1 amide bonds. The van der Waals surface area contributed by atoms with Gasteiger partial charge in [-0.3, -0.25) is 10.0 Å². The lowest BCUT2D eigenvalue weighted by Gasteiger charge is -2.37. The van der Waals surface area contributed by atoms with Crippen molar-refractivity contribution in [3.8, 4) is 0 Å². The van der Waals surface area contributed by atoms with Crippen molar-refractivity contribution in [3.05, 3.63) is 34.9 Å². The quantitative estimate of drug-likeness (QED) is 0.596. The van der Waals surface area contributed by atoms with Crippen molar-refractivity contribution in [1.29, 1.82) is 0 Å². The molecule has 1 aromatic carbocycles. The highest BCUT2D eigenvalue weighted by atomic mass is 16.5. The number of hydroxylamine groups is 1. The summed E-state index contributed by atoms with van der Waals surface area (Å²) in [4.78, 5) is 13.8. The Bertz CT molecular complexity index is 505. The number of fused-ring (bicyclic) bond motifs is 1. The highest BCUT2D eigenvalue weighted by molar-refractivity contribution is 5.93. The number of amides is 1. The first-order valence-corrected chi connectivity index (χ1v) is 6.87. The molecular formula is C15H20N2O2. The van der Waals surface area contributed by atoms with Crippen molar-refractivity contribution in [2.45, 2.75) is 25.7 Å². The summed E-state index contributed by atoms with van der Waals surface area (Å²) in [7, 11) is 2.18. The van der Waals surface area contributed by atoms with E-state index in [2.05, 4.69) is 11.9 Å². The van der Waals surface area contributed by atoms with Crippen LogP contribution in [-0.4, -0.2) is 36.2 Å². The van der Waals surface area contributed by atoms with Gasteiger partial charge in [0.05, 0.1) is 0 Å².